The smallest absolute Gasteiger partial charge is 0.303 e. The number of hydrogen-bond donors (Lipinski definition) is 9. The molecule has 0 radical (unpaired) electrons. The molecular formula is C16H36N8O3. The minimum absolute atomic E-state index is 0.0354. The van der Waals surface area contributed by atoms with Gasteiger partial charge in [0, 0.05) is 71.7 Å². The van der Waals surface area contributed by atoms with E-state index in [1.54, 1.807) is 0 Å². The van der Waals surface area contributed by atoms with E-state index in [0.717, 1.165) is 0 Å². The highest BCUT2D eigenvalue weighted by Gasteiger charge is 2.30. The lowest BCUT2D eigenvalue weighted by atomic mass is 10.0. The van der Waals surface area contributed by atoms with Crippen LogP contribution in [-0.4, -0.2) is 87.1 Å². The lowest BCUT2D eigenvalue weighted by molar-refractivity contribution is -0.137. The molecule has 12 N–H and O–H groups in total. The SMILES string of the molecule is NC[C@]1(N)CNCCNC[C@@](CN)(NC(=O)CCCC(=O)O)NCCNC1. The van der Waals surface area contributed by atoms with Crippen LogP contribution in [0.3, 0.4) is 0 Å². The van der Waals surface area contributed by atoms with Crippen LogP contribution in [0.2, 0.25) is 0 Å². The summed E-state index contributed by atoms with van der Waals surface area (Å²) in [6, 6.07) is 0. The zero-order chi connectivity index (χ0) is 20.2. The van der Waals surface area contributed by atoms with Crippen molar-refractivity contribution in [2.24, 2.45) is 17.2 Å². The first kappa shape index (κ1) is 23.7. The van der Waals surface area contributed by atoms with E-state index in [-0.39, 0.29) is 25.3 Å². The van der Waals surface area contributed by atoms with Gasteiger partial charge in [-0.3, -0.25) is 14.9 Å². The fourth-order valence-electron chi connectivity index (χ4n) is 2.83. The predicted molar refractivity (Wildman–Crippen MR) is 104 cm³/mol. The molecule has 27 heavy (non-hydrogen) atoms. The molecule has 0 saturated carbocycles. The summed E-state index contributed by atoms with van der Waals surface area (Å²) in [6.07, 6.45) is 0.395. The van der Waals surface area contributed by atoms with Gasteiger partial charge < -0.3 is 43.6 Å². The van der Waals surface area contributed by atoms with Crippen molar-refractivity contribution in [3.63, 3.8) is 0 Å². The van der Waals surface area contributed by atoms with E-state index >= 15 is 0 Å². The highest BCUT2D eigenvalue weighted by Crippen LogP contribution is 2.02. The Kier molecular flexibility index (Phi) is 10.7. The molecule has 11 nitrogen and oxygen atoms in total. The Morgan fingerprint density at radius 1 is 0.926 bits per heavy atom. The number of nitrogens with one attached hydrogen (secondary N) is 5. The van der Waals surface area contributed by atoms with Gasteiger partial charge in [0.2, 0.25) is 5.91 Å². The van der Waals surface area contributed by atoms with Gasteiger partial charge in [0.25, 0.3) is 0 Å². The van der Waals surface area contributed by atoms with E-state index in [0.29, 0.717) is 58.8 Å². The Morgan fingerprint density at radius 2 is 1.52 bits per heavy atom. The molecule has 0 spiro atoms. The Bertz CT molecular complexity index is 467. The second kappa shape index (κ2) is 12.2. The number of carboxylic acids is 1. The fourth-order valence-corrected chi connectivity index (χ4v) is 2.83. The molecule has 158 valence electrons. The van der Waals surface area contributed by atoms with Crippen molar-refractivity contribution in [2.75, 3.05) is 58.9 Å². The second-order valence-electron chi connectivity index (χ2n) is 7.11. The second-order valence-corrected chi connectivity index (χ2v) is 7.11. The fraction of sp³-hybridized carbons (Fsp3) is 0.875. The minimum Gasteiger partial charge on any atom is -0.481 e. The van der Waals surface area contributed by atoms with Gasteiger partial charge >= 0.3 is 5.97 Å². The number of nitrogens with two attached hydrogens (primary N) is 3. The molecule has 11 heteroatoms. The number of carboxylic acid groups (broad SMARTS) is 1. The van der Waals surface area contributed by atoms with Crippen LogP contribution in [0.25, 0.3) is 0 Å². The number of amides is 1. The summed E-state index contributed by atoms with van der Waals surface area (Å²) < 4.78 is 0. The summed E-state index contributed by atoms with van der Waals surface area (Å²) in [6.45, 7) is 4.77. The molecule has 0 aromatic rings. The zero-order valence-electron chi connectivity index (χ0n) is 16.0. The molecule has 0 bridgehead atoms. The normalized spacial score (nSPS) is 28.4. The monoisotopic (exact) mass is 388 g/mol. The Balaban J connectivity index is 2.63. The summed E-state index contributed by atoms with van der Waals surface area (Å²) in [5, 5.41) is 24.8. The molecule has 1 fully saturated rings. The Morgan fingerprint density at radius 3 is 2.07 bits per heavy atom. The van der Waals surface area contributed by atoms with Crippen LogP contribution in [0, 0.1) is 0 Å². The van der Waals surface area contributed by atoms with Gasteiger partial charge in [-0.05, 0) is 6.42 Å². The zero-order valence-corrected chi connectivity index (χ0v) is 16.0. The van der Waals surface area contributed by atoms with Crippen LogP contribution < -0.4 is 43.8 Å². The van der Waals surface area contributed by atoms with Gasteiger partial charge in [0.1, 0.15) is 5.66 Å². The van der Waals surface area contributed by atoms with Gasteiger partial charge in [-0.2, -0.15) is 0 Å². The molecule has 0 aliphatic carbocycles. The maximum absolute atomic E-state index is 12.2. The molecule has 1 aliphatic rings. The molecule has 1 heterocycles. The highest BCUT2D eigenvalue weighted by molar-refractivity contribution is 5.77. The third-order valence-electron chi connectivity index (χ3n) is 4.55. The summed E-state index contributed by atoms with van der Waals surface area (Å²) >= 11 is 0. The minimum atomic E-state index is -0.912. The first-order valence-electron chi connectivity index (χ1n) is 9.44. The Labute approximate surface area is 160 Å². The third kappa shape index (κ3) is 9.42. The Hall–Kier alpha value is -1.34. The maximum atomic E-state index is 12.2. The molecule has 1 amide bonds. The van der Waals surface area contributed by atoms with Gasteiger partial charge in [-0.15, -0.1) is 0 Å². The van der Waals surface area contributed by atoms with Gasteiger partial charge in [-0.25, -0.2) is 0 Å². The molecule has 1 rings (SSSR count). The lowest BCUT2D eigenvalue weighted by Gasteiger charge is -2.35. The first-order chi connectivity index (χ1) is 12.8. The van der Waals surface area contributed by atoms with E-state index in [1.165, 1.54) is 0 Å². The van der Waals surface area contributed by atoms with Crippen molar-refractivity contribution in [1.29, 1.82) is 0 Å². The van der Waals surface area contributed by atoms with Gasteiger partial charge in [0.15, 0.2) is 0 Å². The molecule has 2 atom stereocenters. The first-order valence-corrected chi connectivity index (χ1v) is 9.44. The number of rotatable bonds is 7. The van der Waals surface area contributed by atoms with Gasteiger partial charge in [-0.1, -0.05) is 0 Å². The molecule has 1 saturated heterocycles. The van der Waals surface area contributed by atoms with Crippen LogP contribution in [0.1, 0.15) is 19.3 Å². The largest absolute Gasteiger partial charge is 0.481 e. The standard InChI is InChI=1S/C16H36N8O3/c17-8-15(19)10-20-4-5-22-12-16(9-18,23-7-6-21-11-15)24-13(25)2-1-3-14(26)27/h20-23H,1-12,17-19H2,(H,24,25)(H,26,27)/t15-,16+/m0/s1. The van der Waals surface area contributed by atoms with Crippen molar-refractivity contribution < 1.29 is 14.7 Å². The van der Waals surface area contributed by atoms with E-state index < -0.39 is 17.2 Å². The van der Waals surface area contributed by atoms with Crippen LogP contribution in [-0.2, 0) is 9.59 Å². The van der Waals surface area contributed by atoms with E-state index in [2.05, 4.69) is 26.6 Å². The van der Waals surface area contributed by atoms with E-state index in [9.17, 15) is 9.59 Å². The summed E-state index contributed by atoms with van der Waals surface area (Å²) in [7, 11) is 0. The molecule has 1 aliphatic heterocycles. The quantitative estimate of drug-likeness (QED) is 0.208. The molecule has 0 aromatic heterocycles. The average Bonchev–Trinajstić information content (AvgIpc) is 2.64. The van der Waals surface area contributed by atoms with Crippen molar-refractivity contribution >= 4 is 11.9 Å². The lowest BCUT2D eigenvalue weighted by Crippen LogP contribution is -2.68. The van der Waals surface area contributed by atoms with Crippen LogP contribution in [0.15, 0.2) is 0 Å². The summed E-state index contributed by atoms with van der Waals surface area (Å²) in [5.74, 6) is -1.14. The third-order valence-corrected chi connectivity index (χ3v) is 4.55. The topological polar surface area (TPSA) is 193 Å². The number of hydrogen-bond acceptors (Lipinski definition) is 9. The molecule has 0 aromatic carbocycles. The van der Waals surface area contributed by atoms with Crippen molar-refractivity contribution in [2.45, 2.75) is 30.5 Å². The van der Waals surface area contributed by atoms with Gasteiger partial charge in [0.05, 0.1) is 5.54 Å². The number of aliphatic carboxylic acids is 1. The van der Waals surface area contributed by atoms with Crippen molar-refractivity contribution in [1.82, 2.24) is 26.6 Å². The summed E-state index contributed by atoms with van der Waals surface area (Å²) in [5.41, 5.74) is 16.7. The molecular weight excluding hydrogens is 352 g/mol. The molecule has 0 unspecified atom stereocenters. The predicted octanol–water partition coefficient (Wildman–Crippen LogP) is -3.96. The van der Waals surface area contributed by atoms with E-state index in [4.69, 9.17) is 22.3 Å². The van der Waals surface area contributed by atoms with Crippen LogP contribution in [0.4, 0.5) is 0 Å². The highest BCUT2D eigenvalue weighted by atomic mass is 16.4. The number of carbonyl (C=O) groups excluding carboxylic acids is 1. The van der Waals surface area contributed by atoms with Crippen LogP contribution in [0.5, 0.6) is 0 Å². The average molecular weight is 389 g/mol. The van der Waals surface area contributed by atoms with Crippen molar-refractivity contribution in [3.8, 4) is 0 Å². The van der Waals surface area contributed by atoms with Crippen LogP contribution >= 0.6 is 0 Å². The van der Waals surface area contributed by atoms with E-state index in [1.807, 2.05) is 0 Å². The summed E-state index contributed by atoms with van der Waals surface area (Å²) in [4.78, 5) is 22.8. The maximum Gasteiger partial charge on any atom is 0.303 e. The van der Waals surface area contributed by atoms with Crippen molar-refractivity contribution in [3.05, 3.63) is 0 Å². The number of carbonyl (C=O) groups is 2.